The molecule has 0 aromatic carbocycles. The Morgan fingerprint density at radius 1 is 1.81 bits per heavy atom. The van der Waals surface area contributed by atoms with E-state index in [0.717, 1.165) is 0 Å². The van der Waals surface area contributed by atoms with Crippen molar-refractivity contribution >= 4 is 17.5 Å². The molecule has 0 spiro atoms. The lowest BCUT2D eigenvalue weighted by Crippen LogP contribution is -2.16. The fraction of sp³-hybridized carbons (Fsp3) is 0.400. The van der Waals surface area contributed by atoms with Gasteiger partial charge < -0.3 is 4.74 Å². The molecule has 6 heteroatoms. The molecule has 2 heterocycles. The molecule has 0 saturated carbocycles. The van der Waals surface area contributed by atoms with E-state index >= 15 is 0 Å². The van der Waals surface area contributed by atoms with Crippen molar-refractivity contribution < 1.29 is 9.53 Å². The normalized spacial score (nSPS) is 20.6. The minimum atomic E-state index is -0.296. The summed E-state index contributed by atoms with van der Waals surface area (Å²) in [6.07, 6.45) is 2.04. The van der Waals surface area contributed by atoms with Crippen LogP contribution in [0.5, 0.6) is 0 Å². The van der Waals surface area contributed by atoms with Gasteiger partial charge >= 0.3 is 5.97 Å². The fourth-order valence-electron chi connectivity index (χ4n) is 1.58. The van der Waals surface area contributed by atoms with E-state index in [1.165, 1.54) is 6.20 Å². The summed E-state index contributed by atoms with van der Waals surface area (Å²) >= 11 is 0. The Kier molecular flexibility index (Phi) is 2.68. The van der Waals surface area contributed by atoms with Crippen LogP contribution in [0.4, 0.5) is 5.82 Å². The Balaban J connectivity index is 2.24. The Labute approximate surface area is 91.9 Å². The maximum atomic E-state index is 11.3. The molecule has 1 aromatic heterocycles. The van der Waals surface area contributed by atoms with E-state index in [1.807, 2.05) is 6.07 Å². The number of carbonyl (C=O) groups is 1. The van der Waals surface area contributed by atoms with Crippen molar-refractivity contribution in [2.24, 2.45) is 10.9 Å². The monoisotopic (exact) mass is 218 g/mol. The Bertz CT molecular complexity index is 483. The molecule has 6 nitrogen and oxygen atoms in total. The summed E-state index contributed by atoms with van der Waals surface area (Å²) in [6, 6.07) is 1.97. The highest BCUT2D eigenvalue weighted by Crippen LogP contribution is 2.20. The second kappa shape index (κ2) is 4.14. The highest BCUT2D eigenvalue weighted by molar-refractivity contribution is 6.02. The summed E-state index contributed by atoms with van der Waals surface area (Å²) in [7, 11) is 0. The third kappa shape index (κ3) is 1.80. The van der Waals surface area contributed by atoms with E-state index in [1.54, 1.807) is 6.92 Å². The predicted octanol–water partition coefficient (Wildman–Crippen LogP) is 0.937. The molecular weight excluding hydrogens is 208 g/mol. The van der Waals surface area contributed by atoms with Crippen molar-refractivity contribution in [3.63, 3.8) is 0 Å². The summed E-state index contributed by atoms with van der Waals surface area (Å²) in [4.78, 5) is 15.5. The molecule has 1 fully saturated rings. The van der Waals surface area contributed by atoms with E-state index < -0.39 is 0 Å². The third-order valence-corrected chi connectivity index (χ3v) is 2.47. The lowest BCUT2D eigenvalue weighted by atomic mass is 10.0. The number of rotatable bonds is 2. The molecule has 82 valence electrons. The standard InChI is InChI=1S/C10H10N4O2/c1-6(8-2-3-16-10(8)15)13-9-7(4-11)5-12-14-9/h5,8H,2-3H2,1H3,(H,12,14)/t8-/m1/s1. The van der Waals surface area contributed by atoms with Gasteiger partial charge in [0.05, 0.1) is 18.7 Å². The van der Waals surface area contributed by atoms with Crippen molar-refractivity contribution in [2.75, 3.05) is 6.61 Å². The van der Waals surface area contributed by atoms with Crippen LogP contribution in [-0.2, 0) is 9.53 Å². The number of ether oxygens (including phenoxy) is 1. The number of hydrogen-bond donors (Lipinski definition) is 1. The number of nitriles is 1. The molecule has 1 aliphatic heterocycles. The Morgan fingerprint density at radius 2 is 2.62 bits per heavy atom. The van der Waals surface area contributed by atoms with Crippen LogP contribution in [0.3, 0.4) is 0 Å². The second-order valence-electron chi connectivity index (χ2n) is 3.51. The molecule has 2 rings (SSSR count). The van der Waals surface area contributed by atoms with Crippen LogP contribution >= 0.6 is 0 Å². The number of aliphatic imine (C=N–C) groups is 1. The highest BCUT2D eigenvalue weighted by Gasteiger charge is 2.29. The first-order valence-electron chi connectivity index (χ1n) is 4.87. The van der Waals surface area contributed by atoms with E-state index in [2.05, 4.69) is 15.2 Å². The second-order valence-corrected chi connectivity index (χ2v) is 3.51. The molecule has 1 N–H and O–H groups in total. The number of aromatic nitrogens is 2. The van der Waals surface area contributed by atoms with Crippen molar-refractivity contribution in [2.45, 2.75) is 13.3 Å². The first-order valence-corrected chi connectivity index (χ1v) is 4.87. The number of H-pyrrole nitrogens is 1. The van der Waals surface area contributed by atoms with Crippen LogP contribution in [-0.4, -0.2) is 28.5 Å². The molecular formula is C10H10N4O2. The van der Waals surface area contributed by atoms with Gasteiger partial charge in [0.15, 0.2) is 5.82 Å². The van der Waals surface area contributed by atoms with Crippen LogP contribution in [0.15, 0.2) is 11.2 Å². The van der Waals surface area contributed by atoms with Gasteiger partial charge in [0.2, 0.25) is 0 Å². The van der Waals surface area contributed by atoms with Gasteiger partial charge in [-0.3, -0.25) is 9.89 Å². The topological polar surface area (TPSA) is 91.1 Å². The summed E-state index contributed by atoms with van der Waals surface area (Å²) in [5, 5.41) is 15.1. The van der Waals surface area contributed by atoms with Gasteiger partial charge in [-0.25, -0.2) is 4.99 Å². The molecule has 1 aromatic rings. The molecule has 0 bridgehead atoms. The number of cyclic esters (lactones) is 1. The zero-order valence-corrected chi connectivity index (χ0v) is 8.73. The van der Waals surface area contributed by atoms with Crippen molar-refractivity contribution in [1.29, 1.82) is 5.26 Å². The number of carbonyl (C=O) groups excluding carboxylic acids is 1. The molecule has 1 saturated heterocycles. The van der Waals surface area contributed by atoms with Gasteiger partial charge in [-0.05, 0) is 6.92 Å². The Hall–Kier alpha value is -2.16. The minimum Gasteiger partial charge on any atom is -0.465 e. The van der Waals surface area contributed by atoms with Crippen molar-refractivity contribution in [3.8, 4) is 6.07 Å². The zero-order valence-electron chi connectivity index (χ0n) is 8.73. The molecule has 16 heavy (non-hydrogen) atoms. The van der Waals surface area contributed by atoms with Crippen LogP contribution in [0.2, 0.25) is 0 Å². The largest absolute Gasteiger partial charge is 0.465 e. The van der Waals surface area contributed by atoms with E-state index in [9.17, 15) is 4.79 Å². The fourth-order valence-corrected chi connectivity index (χ4v) is 1.58. The minimum absolute atomic E-state index is 0.251. The molecule has 1 aliphatic rings. The van der Waals surface area contributed by atoms with E-state index in [4.69, 9.17) is 10.00 Å². The van der Waals surface area contributed by atoms with E-state index in [0.29, 0.717) is 30.1 Å². The first kappa shape index (κ1) is 10.4. The van der Waals surface area contributed by atoms with Crippen LogP contribution in [0, 0.1) is 17.2 Å². The molecule has 0 radical (unpaired) electrons. The lowest BCUT2D eigenvalue weighted by Gasteiger charge is -2.03. The summed E-state index contributed by atoms with van der Waals surface area (Å²) in [5.74, 6) is -0.159. The molecule has 0 aliphatic carbocycles. The number of hydrogen-bond acceptors (Lipinski definition) is 5. The zero-order chi connectivity index (χ0) is 11.5. The van der Waals surface area contributed by atoms with Gasteiger partial charge in [0, 0.05) is 12.1 Å². The van der Waals surface area contributed by atoms with Crippen molar-refractivity contribution in [3.05, 3.63) is 11.8 Å². The highest BCUT2D eigenvalue weighted by atomic mass is 16.5. The third-order valence-electron chi connectivity index (χ3n) is 2.47. The van der Waals surface area contributed by atoms with Gasteiger partial charge in [-0.1, -0.05) is 0 Å². The average molecular weight is 218 g/mol. The lowest BCUT2D eigenvalue weighted by molar-refractivity contribution is -0.139. The van der Waals surface area contributed by atoms with E-state index in [-0.39, 0.29) is 11.9 Å². The van der Waals surface area contributed by atoms with Crippen LogP contribution < -0.4 is 0 Å². The molecule has 1 atom stereocenters. The summed E-state index contributed by atoms with van der Waals surface area (Å²) < 4.78 is 4.85. The molecule has 0 unspecified atom stereocenters. The average Bonchev–Trinajstić information content (AvgIpc) is 2.86. The summed E-state index contributed by atoms with van der Waals surface area (Å²) in [5.41, 5.74) is 1.01. The van der Waals surface area contributed by atoms with Crippen LogP contribution in [0.25, 0.3) is 0 Å². The number of aromatic amines is 1. The summed E-state index contributed by atoms with van der Waals surface area (Å²) in [6.45, 7) is 2.18. The van der Waals surface area contributed by atoms with Gasteiger partial charge in [0.1, 0.15) is 11.6 Å². The van der Waals surface area contributed by atoms with Gasteiger partial charge in [-0.2, -0.15) is 10.4 Å². The van der Waals surface area contributed by atoms with Crippen LogP contribution in [0.1, 0.15) is 18.9 Å². The predicted molar refractivity (Wildman–Crippen MR) is 55.1 cm³/mol. The SMILES string of the molecule is CC(=Nc1[nH]ncc1C#N)[C@H]1CCOC1=O. The van der Waals surface area contributed by atoms with Gasteiger partial charge in [0.25, 0.3) is 0 Å². The number of nitrogens with zero attached hydrogens (tertiary/aromatic N) is 3. The quantitative estimate of drug-likeness (QED) is 0.590. The van der Waals surface area contributed by atoms with Crippen molar-refractivity contribution in [1.82, 2.24) is 10.2 Å². The molecule has 0 amide bonds. The number of nitrogens with one attached hydrogen (secondary N) is 1. The maximum Gasteiger partial charge on any atom is 0.314 e. The first-order chi connectivity index (χ1) is 7.72. The maximum absolute atomic E-state index is 11.3. The van der Waals surface area contributed by atoms with Gasteiger partial charge in [-0.15, -0.1) is 0 Å². The number of esters is 1. The smallest absolute Gasteiger partial charge is 0.314 e. The Morgan fingerprint density at radius 3 is 3.25 bits per heavy atom.